The highest BCUT2D eigenvalue weighted by Crippen LogP contribution is 2.40. The maximum Gasteiger partial charge on any atom is 0.362 e. The highest BCUT2D eigenvalue weighted by molar-refractivity contribution is 6.21. The maximum absolute atomic E-state index is 9.28. The molecule has 0 amide bonds. The zero-order valence-corrected chi connectivity index (χ0v) is 26.0. The fourth-order valence-corrected chi connectivity index (χ4v) is 7.11. The van der Waals surface area contributed by atoms with Gasteiger partial charge in [-0.2, -0.15) is 5.26 Å². The number of nitriles is 1. The first-order valence-electron chi connectivity index (χ1n) is 16.2. The standard InChI is InChI=1S/C41H31N5O/c1-26-10-16-30(17-11-26)41-43-40(29-18-12-27(24-42)13-19-29)44-45(41)25-28-14-20-31(21-15-28)46-36-8-4-2-6-32(36)34-22-23-35-33-7-3-5-9-37(33)47-39(35)38(34)46/h2-10,12-23,26,40,43H,11,25H2,1H3/p+1. The Balaban J connectivity index is 1.11. The normalized spacial score (nSPS) is 17.9. The molecule has 1 aliphatic carbocycles. The van der Waals surface area contributed by atoms with Crippen molar-refractivity contribution < 1.29 is 14.4 Å². The number of quaternary nitrogens is 1. The van der Waals surface area contributed by atoms with Gasteiger partial charge in [0.05, 0.1) is 22.7 Å². The summed E-state index contributed by atoms with van der Waals surface area (Å²) < 4.78 is 11.0. The zero-order chi connectivity index (χ0) is 31.5. The molecule has 2 aliphatic rings. The smallest absolute Gasteiger partial charge is 0.362 e. The van der Waals surface area contributed by atoms with E-state index in [1.54, 1.807) is 0 Å². The van der Waals surface area contributed by atoms with E-state index in [1.165, 1.54) is 21.9 Å². The largest absolute Gasteiger partial charge is 0.454 e. The molecule has 0 fully saturated rings. The van der Waals surface area contributed by atoms with Gasteiger partial charge in [0.25, 0.3) is 0 Å². The van der Waals surface area contributed by atoms with Gasteiger partial charge in [0.15, 0.2) is 12.1 Å². The lowest BCUT2D eigenvalue weighted by atomic mass is 9.98. The van der Waals surface area contributed by atoms with Crippen molar-refractivity contribution in [3.05, 3.63) is 155 Å². The second-order valence-electron chi connectivity index (χ2n) is 12.6. The Bertz CT molecular complexity index is 2490. The molecule has 2 N–H and O–H groups in total. The van der Waals surface area contributed by atoms with E-state index in [0.717, 1.165) is 56.5 Å². The van der Waals surface area contributed by atoms with Gasteiger partial charge in [-0.1, -0.05) is 85.8 Å². The van der Waals surface area contributed by atoms with Crippen LogP contribution in [0.5, 0.6) is 0 Å². The molecule has 6 nitrogen and oxygen atoms in total. The average Bonchev–Trinajstić information content (AvgIpc) is 3.81. The molecule has 9 rings (SSSR count). The number of nitrogens with two attached hydrogens (primary N) is 1. The Kier molecular flexibility index (Phi) is 6.34. The van der Waals surface area contributed by atoms with Gasteiger partial charge in [-0.15, -0.1) is 0 Å². The second kappa shape index (κ2) is 10.9. The van der Waals surface area contributed by atoms with Gasteiger partial charge in [0, 0.05) is 32.8 Å². The summed E-state index contributed by atoms with van der Waals surface area (Å²) in [5.41, 5.74) is 14.4. The predicted molar refractivity (Wildman–Crippen MR) is 187 cm³/mol. The quantitative estimate of drug-likeness (QED) is 0.198. The van der Waals surface area contributed by atoms with Gasteiger partial charge in [0.2, 0.25) is 0 Å². The van der Waals surface area contributed by atoms with Crippen LogP contribution >= 0.6 is 0 Å². The van der Waals surface area contributed by atoms with E-state index in [2.05, 4.69) is 119 Å². The molecular formula is C41H32N5O+. The number of rotatable bonds is 5. The Morgan fingerprint density at radius 3 is 2.43 bits per heavy atom. The van der Waals surface area contributed by atoms with Crippen LogP contribution in [0.25, 0.3) is 54.9 Å². The minimum Gasteiger partial charge on any atom is -0.454 e. The summed E-state index contributed by atoms with van der Waals surface area (Å²) in [6.45, 7) is 2.90. The van der Waals surface area contributed by atoms with E-state index < -0.39 is 0 Å². The third kappa shape index (κ3) is 4.55. The minimum absolute atomic E-state index is 0.102. The number of hydrogen-bond donors (Lipinski definition) is 1. The van der Waals surface area contributed by atoms with Crippen molar-refractivity contribution in [1.29, 1.82) is 5.26 Å². The van der Waals surface area contributed by atoms with Crippen LogP contribution in [0.4, 0.5) is 0 Å². The lowest BCUT2D eigenvalue weighted by Gasteiger charge is -2.16. The molecule has 0 spiro atoms. The fraction of sp³-hybridized carbons (Fsp3) is 0.122. The van der Waals surface area contributed by atoms with E-state index in [9.17, 15) is 5.26 Å². The van der Waals surface area contributed by atoms with Crippen LogP contribution in [0, 0.1) is 17.2 Å². The molecule has 3 heterocycles. The summed E-state index contributed by atoms with van der Waals surface area (Å²) in [5, 5.41) is 16.2. The zero-order valence-electron chi connectivity index (χ0n) is 26.0. The molecule has 47 heavy (non-hydrogen) atoms. The number of furan rings is 1. The van der Waals surface area contributed by atoms with Crippen molar-refractivity contribution in [2.24, 2.45) is 5.92 Å². The molecule has 7 aromatic rings. The molecule has 226 valence electrons. The Labute approximate surface area is 272 Å². The number of allylic oxidation sites excluding steroid dienone is 2. The van der Waals surface area contributed by atoms with E-state index in [1.807, 2.05) is 36.4 Å². The first kappa shape index (κ1) is 27.4. The van der Waals surface area contributed by atoms with Gasteiger partial charge in [-0.25, -0.2) is 4.68 Å². The van der Waals surface area contributed by atoms with E-state index in [0.29, 0.717) is 18.0 Å². The summed E-state index contributed by atoms with van der Waals surface area (Å²) in [6, 6.07) is 40.1. The van der Waals surface area contributed by atoms with E-state index >= 15 is 0 Å². The highest BCUT2D eigenvalue weighted by atomic mass is 16.3. The van der Waals surface area contributed by atoms with Gasteiger partial charge >= 0.3 is 5.84 Å². The lowest BCUT2D eigenvalue weighted by Crippen LogP contribution is -2.87. The molecule has 1 aliphatic heterocycles. The van der Waals surface area contributed by atoms with Crippen LogP contribution in [0.2, 0.25) is 0 Å². The number of nitrogens with zero attached hydrogens (tertiary/aromatic N) is 4. The molecule has 2 aromatic heterocycles. The first-order chi connectivity index (χ1) is 23.1. The lowest BCUT2D eigenvalue weighted by molar-refractivity contribution is -0.579. The molecule has 6 heteroatoms. The number of benzene rings is 5. The van der Waals surface area contributed by atoms with E-state index in [-0.39, 0.29) is 6.17 Å². The molecule has 2 unspecified atom stereocenters. The monoisotopic (exact) mass is 610 g/mol. The topological polar surface area (TPSA) is 75.6 Å². The van der Waals surface area contributed by atoms with Crippen LogP contribution < -0.4 is 5.32 Å². The summed E-state index contributed by atoms with van der Waals surface area (Å²) >= 11 is 0. The Morgan fingerprint density at radius 2 is 1.64 bits per heavy atom. The van der Waals surface area contributed by atoms with Crippen molar-refractivity contribution >= 4 is 49.6 Å². The number of para-hydroxylation sites is 2. The van der Waals surface area contributed by atoms with Crippen LogP contribution in [0.3, 0.4) is 0 Å². The van der Waals surface area contributed by atoms with Crippen LogP contribution in [-0.4, -0.2) is 15.1 Å². The van der Waals surface area contributed by atoms with Crippen LogP contribution in [-0.2, 0) is 6.54 Å². The van der Waals surface area contributed by atoms with Gasteiger partial charge in [-0.3, -0.25) is 5.32 Å². The number of amidine groups is 1. The fourth-order valence-electron chi connectivity index (χ4n) is 7.11. The highest BCUT2D eigenvalue weighted by Gasteiger charge is 2.31. The Hall–Kier alpha value is -5.90. The van der Waals surface area contributed by atoms with E-state index in [4.69, 9.17) is 9.84 Å². The predicted octanol–water partition coefficient (Wildman–Crippen LogP) is 8.55. The van der Waals surface area contributed by atoms with Crippen molar-refractivity contribution in [3.8, 4) is 11.8 Å². The number of aromatic nitrogens is 1. The maximum atomic E-state index is 9.28. The van der Waals surface area contributed by atoms with Crippen LogP contribution in [0.1, 0.15) is 36.2 Å². The third-order valence-electron chi connectivity index (χ3n) is 9.55. The van der Waals surface area contributed by atoms with Crippen molar-refractivity contribution in [3.63, 3.8) is 0 Å². The van der Waals surface area contributed by atoms with Crippen LogP contribution in [0.15, 0.2) is 137 Å². The SMILES string of the molecule is CC1C=CC(C2=[N+](Cc3ccc(-n4c5ccccc5c5ccc6c7ccccc7oc6c54)cc3)[N-]C(c3ccc(C#N)cc3)[NH2+]2)=CC1. The van der Waals surface area contributed by atoms with Crippen molar-refractivity contribution in [2.75, 3.05) is 0 Å². The number of hydrogen-bond acceptors (Lipinski definition) is 2. The molecule has 0 saturated carbocycles. The van der Waals surface area contributed by atoms with Gasteiger partial charge in [-0.05, 0) is 66.4 Å². The van der Waals surface area contributed by atoms with Crippen molar-refractivity contribution in [1.82, 2.24) is 4.57 Å². The molecule has 0 radical (unpaired) electrons. The molecular weight excluding hydrogens is 578 g/mol. The first-order valence-corrected chi connectivity index (χ1v) is 16.2. The Morgan fingerprint density at radius 1 is 0.872 bits per heavy atom. The summed E-state index contributed by atoms with van der Waals surface area (Å²) in [5.74, 6) is 1.66. The molecule has 0 bridgehead atoms. The van der Waals surface area contributed by atoms with Crippen molar-refractivity contribution in [2.45, 2.75) is 26.1 Å². The molecule has 2 atom stereocenters. The summed E-state index contributed by atoms with van der Waals surface area (Å²) in [4.78, 5) is 0. The molecule has 0 saturated heterocycles. The summed E-state index contributed by atoms with van der Waals surface area (Å²) in [6.07, 6.45) is 7.75. The third-order valence-corrected chi connectivity index (χ3v) is 9.55. The molecule has 5 aromatic carbocycles. The van der Waals surface area contributed by atoms with Gasteiger partial charge < -0.3 is 14.4 Å². The second-order valence-corrected chi connectivity index (χ2v) is 12.6. The average molecular weight is 611 g/mol. The minimum atomic E-state index is -0.102. The van der Waals surface area contributed by atoms with Gasteiger partial charge in [0.1, 0.15) is 17.3 Å². The number of fused-ring (bicyclic) bond motifs is 7. The summed E-state index contributed by atoms with van der Waals surface area (Å²) in [7, 11) is 0.